The lowest BCUT2D eigenvalue weighted by molar-refractivity contribution is -0.123. The minimum atomic E-state index is -0.221. The zero-order chi connectivity index (χ0) is 15.8. The van der Waals surface area contributed by atoms with Gasteiger partial charge in [-0.05, 0) is 36.2 Å². The molecule has 5 heteroatoms. The molecule has 0 radical (unpaired) electrons. The van der Waals surface area contributed by atoms with Gasteiger partial charge in [-0.25, -0.2) is 0 Å². The molecule has 1 N–H and O–H groups in total. The van der Waals surface area contributed by atoms with E-state index in [-0.39, 0.29) is 12.5 Å². The van der Waals surface area contributed by atoms with Gasteiger partial charge in [0.1, 0.15) is 11.8 Å². The van der Waals surface area contributed by atoms with Gasteiger partial charge in [0.2, 0.25) is 0 Å². The summed E-state index contributed by atoms with van der Waals surface area (Å²) in [6.07, 6.45) is 0.720. The van der Waals surface area contributed by atoms with Crippen LogP contribution in [0.4, 0.5) is 0 Å². The van der Waals surface area contributed by atoms with Gasteiger partial charge < -0.3 is 10.1 Å². The van der Waals surface area contributed by atoms with Gasteiger partial charge in [-0.3, -0.25) is 4.79 Å². The Morgan fingerprint density at radius 1 is 1.18 bits per heavy atom. The summed E-state index contributed by atoms with van der Waals surface area (Å²) in [7, 11) is 0. The van der Waals surface area contributed by atoms with Crippen LogP contribution in [0.3, 0.4) is 0 Å². The Hall–Kier alpha value is -2.51. The second kappa shape index (κ2) is 8.06. The van der Waals surface area contributed by atoms with Crippen LogP contribution in [0.15, 0.2) is 48.5 Å². The molecule has 0 bridgehead atoms. The zero-order valence-electron chi connectivity index (χ0n) is 11.9. The van der Waals surface area contributed by atoms with Crippen molar-refractivity contribution in [2.24, 2.45) is 0 Å². The number of rotatable bonds is 6. The van der Waals surface area contributed by atoms with Crippen LogP contribution in [-0.2, 0) is 11.2 Å². The molecule has 0 saturated carbocycles. The minimum absolute atomic E-state index is 0.112. The fourth-order valence-corrected chi connectivity index (χ4v) is 2.00. The molecule has 0 saturated heterocycles. The highest BCUT2D eigenvalue weighted by Crippen LogP contribution is 2.16. The molecule has 2 aromatic rings. The van der Waals surface area contributed by atoms with E-state index in [4.69, 9.17) is 21.6 Å². The van der Waals surface area contributed by atoms with Crippen LogP contribution in [0.25, 0.3) is 0 Å². The number of carbonyl (C=O) groups is 1. The first kappa shape index (κ1) is 15.9. The molecule has 4 nitrogen and oxygen atoms in total. The molecule has 0 fully saturated rings. The number of para-hydroxylation sites is 1. The minimum Gasteiger partial charge on any atom is -0.482 e. The lowest BCUT2D eigenvalue weighted by Gasteiger charge is -2.08. The van der Waals surface area contributed by atoms with Crippen LogP contribution in [0.2, 0.25) is 5.02 Å². The van der Waals surface area contributed by atoms with E-state index in [1.54, 1.807) is 24.3 Å². The predicted octanol–water partition coefficient (Wildman–Crippen LogP) is 2.95. The summed E-state index contributed by atoms with van der Waals surface area (Å²) in [4.78, 5) is 11.7. The highest BCUT2D eigenvalue weighted by atomic mass is 35.5. The largest absolute Gasteiger partial charge is 0.482 e. The average Bonchev–Trinajstić information content (AvgIpc) is 2.55. The van der Waals surface area contributed by atoms with Crippen molar-refractivity contribution in [3.05, 3.63) is 64.7 Å². The third-order valence-electron chi connectivity index (χ3n) is 3.02. The first-order valence-electron chi connectivity index (χ1n) is 6.82. The van der Waals surface area contributed by atoms with E-state index in [9.17, 15) is 4.79 Å². The molecule has 112 valence electrons. The van der Waals surface area contributed by atoms with Crippen LogP contribution in [0.5, 0.6) is 5.75 Å². The molecule has 2 rings (SSSR count). The fourth-order valence-electron chi connectivity index (χ4n) is 1.88. The number of ether oxygens (including phenoxy) is 1. The number of hydrogen-bond acceptors (Lipinski definition) is 3. The van der Waals surface area contributed by atoms with Gasteiger partial charge in [0, 0.05) is 11.6 Å². The quantitative estimate of drug-likeness (QED) is 0.891. The number of nitrogens with one attached hydrogen (secondary N) is 1. The van der Waals surface area contributed by atoms with Crippen LogP contribution in [0, 0.1) is 11.3 Å². The van der Waals surface area contributed by atoms with Gasteiger partial charge in [0.05, 0.1) is 5.56 Å². The third-order valence-corrected chi connectivity index (χ3v) is 3.27. The number of halogens is 1. The second-order valence-electron chi connectivity index (χ2n) is 4.62. The first-order valence-corrected chi connectivity index (χ1v) is 7.20. The Kier molecular flexibility index (Phi) is 5.81. The number of carbonyl (C=O) groups excluding carboxylic acids is 1. The maximum atomic E-state index is 11.7. The molecular formula is C17H15ClN2O2. The van der Waals surface area contributed by atoms with Crippen molar-refractivity contribution in [2.45, 2.75) is 6.42 Å². The molecule has 0 aliphatic rings. The third kappa shape index (κ3) is 4.80. The molecule has 0 atom stereocenters. The summed E-state index contributed by atoms with van der Waals surface area (Å²) in [5, 5.41) is 12.4. The summed E-state index contributed by atoms with van der Waals surface area (Å²) in [6.45, 7) is 0.406. The molecule has 2 aromatic carbocycles. The van der Waals surface area contributed by atoms with Crippen molar-refractivity contribution in [3.8, 4) is 11.8 Å². The number of nitrogens with zero attached hydrogens (tertiary/aromatic N) is 1. The van der Waals surface area contributed by atoms with Crippen LogP contribution in [0.1, 0.15) is 11.1 Å². The monoisotopic (exact) mass is 314 g/mol. The van der Waals surface area contributed by atoms with Gasteiger partial charge in [0.15, 0.2) is 6.61 Å². The van der Waals surface area contributed by atoms with Crippen molar-refractivity contribution in [2.75, 3.05) is 13.2 Å². The fraction of sp³-hybridized carbons (Fsp3) is 0.176. The van der Waals surface area contributed by atoms with Crippen LogP contribution >= 0.6 is 11.6 Å². The molecule has 22 heavy (non-hydrogen) atoms. The average molecular weight is 315 g/mol. The van der Waals surface area contributed by atoms with E-state index >= 15 is 0 Å². The SMILES string of the molecule is N#Cc1ccccc1OCC(=O)NCCc1ccc(Cl)cc1. The normalized spacial score (nSPS) is 9.82. The molecule has 0 spiro atoms. The Morgan fingerprint density at radius 2 is 1.91 bits per heavy atom. The van der Waals surface area contributed by atoms with E-state index in [1.807, 2.05) is 30.3 Å². The Balaban J connectivity index is 1.74. The summed E-state index contributed by atoms with van der Waals surface area (Å²) in [6, 6.07) is 16.3. The number of hydrogen-bond donors (Lipinski definition) is 1. The maximum absolute atomic E-state index is 11.7. The highest BCUT2D eigenvalue weighted by Gasteiger charge is 2.05. The summed E-state index contributed by atoms with van der Waals surface area (Å²) >= 11 is 5.81. The van der Waals surface area contributed by atoms with Crippen molar-refractivity contribution in [3.63, 3.8) is 0 Å². The topological polar surface area (TPSA) is 62.1 Å². The van der Waals surface area contributed by atoms with Crippen molar-refractivity contribution in [1.82, 2.24) is 5.32 Å². The van der Waals surface area contributed by atoms with Gasteiger partial charge in [-0.2, -0.15) is 5.26 Å². The summed E-state index contributed by atoms with van der Waals surface area (Å²) in [5.74, 6) is 0.194. The molecule has 1 amide bonds. The van der Waals surface area contributed by atoms with E-state index < -0.39 is 0 Å². The molecule has 0 aliphatic heterocycles. The smallest absolute Gasteiger partial charge is 0.257 e. The van der Waals surface area contributed by atoms with E-state index in [2.05, 4.69) is 5.32 Å². The highest BCUT2D eigenvalue weighted by molar-refractivity contribution is 6.30. The Labute approximate surface area is 134 Å². The second-order valence-corrected chi connectivity index (χ2v) is 5.06. The van der Waals surface area contributed by atoms with Crippen LogP contribution < -0.4 is 10.1 Å². The van der Waals surface area contributed by atoms with Gasteiger partial charge in [0.25, 0.3) is 5.91 Å². The van der Waals surface area contributed by atoms with Gasteiger partial charge in [-0.1, -0.05) is 35.9 Å². The standard InChI is InChI=1S/C17H15ClN2O2/c18-15-7-5-13(6-8-15)9-10-20-17(21)12-22-16-4-2-1-3-14(16)11-19/h1-8H,9-10,12H2,(H,20,21). The van der Waals surface area contributed by atoms with Gasteiger partial charge >= 0.3 is 0 Å². The molecule has 0 aliphatic carbocycles. The number of benzene rings is 2. The lowest BCUT2D eigenvalue weighted by atomic mass is 10.1. The number of nitriles is 1. The molecular weight excluding hydrogens is 300 g/mol. The van der Waals surface area contributed by atoms with E-state index in [0.717, 1.165) is 12.0 Å². The Morgan fingerprint density at radius 3 is 2.64 bits per heavy atom. The van der Waals surface area contributed by atoms with Crippen molar-refractivity contribution < 1.29 is 9.53 Å². The predicted molar refractivity (Wildman–Crippen MR) is 84.8 cm³/mol. The lowest BCUT2D eigenvalue weighted by Crippen LogP contribution is -2.30. The van der Waals surface area contributed by atoms with Crippen molar-refractivity contribution >= 4 is 17.5 Å². The molecule has 0 aromatic heterocycles. The Bertz CT molecular complexity index is 678. The summed E-state index contributed by atoms with van der Waals surface area (Å²) in [5.41, 5.74) is 1.51. The molecule has 0 unspecified atom stereocenters. The van der Waals surface area contributed by atoms with E-state index in [1.165, 1.54) is 0 Å². The molecule has 0 heterocycles. The van der Waals surface area contributed by atoms with Crippen LogP contribution in [-0.4, -0.2) is 19.1 Å². The van der Waals surface area contributed by atoms with Crippen molar-refractivity contribution in [1.29, 1.82) is 5.26 Å². The summed E-state index contributed by atoms with van der Waals surface area (Å²) < 4.78 is 5.36. The zero-order valence-corrected chi connectivity index (χ0v) is 12.6. The maximum Gasteiger partial charge on any atom is 0.257 e. The van der Waals surface area contributed by atoms with Gasteiger partial charge in [-0.15, -0.1) is 0 Å². The van der Waals surface area contributed by atoms with E-state index in [0.29, 0.717) is 22.9 Å². The number of amides is 1. The first-order chi connectivity index (χ1) is 10.7.